The number of hydrogen-bond acceptors (Lipinski definition) is 31. The second kappa shape index (κ2) is 47.4. The molecule has 39 heteroatoms. The average molecular weight is 1930 g/mol. The van der Waals surface area contributed by atoms with Crippen molar-refractivity contribution in [1.82, 2.24) is 65.0 Å². The first-order chi connectivity index (χ1) is 63.7. The molecule has 5 aromatic heterocycles. The van der Waals surface area contributed by atoms with E-state index >= 15 is 9.59 Å². The fraction of sp³-hybridized carbons (Fsp3) is 0.589. The number of carbonyl (C=O) groups is 5. The topological polar surface area (TPSA) is 453 Å². The predicted molar refractivity (Wildman–Crippen MR) is 521 cm³/mol. The van der Waals surface area contributed by atoms with Crippen LogP contribution in [0.15, 0.2) is 108 Å². The standard InChI is InChI=1S/C58H84N6O8SSi2.C37H52N10O11.H2S/c1-13-54(68)32-38(3)33-57(52(67)71-8,48-41(23-27-62(5)36-54)40-20-15-16-21-44(40)61-48)43-30-42-45(31-46(43)70-7)63(6)50-56(42)25-28-64-26-19-24-55(14-2,49(56)64)51(66)58(50,69)47(65)22-17-18-29-74(9,10)72-75(11,12)37-73-53-59-34-39(4)35-60-53;1-2-47-24-29(45-46-47)25-58-21-20-57-19-18-56-17-16-55-15-14-54-13-12-53-11-3-4-30(48)9-10-31(36(51)52)42-34(49)26-5-7-27(8-6-26)39-22-28-23-40-33-32(41-28)35(50)44-37(38)43-33;/h15-16,19-21,24,30-31,34-35,38,49-51,61,66,68-69H,13-14,17-18,22-23,25-29,32-33,36-37H2,1-12H3;5-8,23-24,31,39H,2-4,9-22,25H2,1H3,(H,42,49)(H,51,52)(H3,38,40,43,44,50);1H2/t38-,49-,50+,51+,54-,55+,56+,57-,58-;31-;/m00./s1. The van der Waals surface area contributed by atoms with E-state index in [1.807, 2.05) is 64.6 Å². The van der Waals surface area contributed by atoms with Gasteiger partial charge >= 0.3 is 11.9 Å². The maximum atomic E-state index is 15.6. The maximum Gasteiger partial charge on any atom is 0.326 e. The molecule has 3 aromatic carbocycles. The summed E-state index contributed by atoms with van der Waals surface area (Å²) in [5, 5.41) is 65.0. The molecule has 2 fully saturated rings. The van der Waals surface area contributed by atoms with Gasteiger partial charge in [0, 0.05) is 139 Å². The lowest BCUT2D eigenvalue weighted by Gasteiger charge is -2.63. The first-order valence-corrected chi connectivity index (χ1v) is 53.7. The maximum absolute atomic E-state index is 15.6. The third-order valence-electron chi connectivity index (χ3n) is 26.5. The number of Topliss-reactive ketones (excluding diaryl/α,β-unsaturated/α-hetero) is 2. The average Bonchev–Trinajstić information content (AvgIpc) is 1.48. The predicted octanol–water partition coefficient (Wildman–Crippen LogP) is 9.72. The number of β-amino-alcohol motifs (C(OH)–C–C–N with tert-alkyl or cyclic N) is 1. The van der Waals surface area contributed by atoms with Gasteiger partial charge in [0.05, 0.1) is 123 Å². The number of fused-ring (bicyclic) bond motifs is 5. The smallest absolute Gasteiger partial charge is 0.326 e. The Morgan fingerprint density at radius 2 is 1.44 bits per heavy atom. The third-order valence-corrected chi connectivity index (χ3v) is 36.3. The molecule has 732 valence electrons. The number of nitrogen functional groups attached to an aromatic ring is 1. The van der Waals surface area contributed by atoms with Crippen LogP contribution in [0.2, 0.25) is 32.2 Å². The molecule has 5 aliphatic rings. The number of nitrogens with two attached hydrogens (primary N) is 1. The summed E-state index contributed by atoms with van der Waals surface area (Å²) >= 11 is 1.65. The number of anilines is 3. The molecular formula is C95H138N16O19S2Si2. The molecule has 1 saturated carbocycles. The van der Waals surface area contributed by atoms with Gasteiger partial charge < -0.3 is 93.6 Å². The Morgan fingerprint density at radius 3 is 2.09 bits per heavy atom. The summed E-state index contributed by atoms with van der Waals surface area (Å²) in [6.45, 7) is 27.8. The van der Waals surface area contributed by atoms with Crippen molar-refractivity contribution in [2.24, 2.45) is 11.3 Å². The van der Waals surface area contributed by atoms with Gasteiger partial charge in [-0.25, -0.2) is 24.7 Å². The fourth-order valence-corrected chi connectivity index (χ4v) is 30.9. The summed E-state index contributed by atoms with van der Waals surface area (Å²) in [6.07, 6.45) is 14.9. The number of nitrogens with zero attached hydrogens (tertiary/aromatic N) is 11. The number of methoxy groups -OCH3 is 2. The normalized spacial score (nSPS) is 22.5. The molecule has 10 atom stereocenters. The van der Waals surface area contributed by atoms with Gasteiger partial charge in [0.1, 0.15) is 34.8 Å². The van der Waals surface area contributed by atoms with E-state index in [0.29, 0.717) is 180 Å². The van der Waals surface area contributed by atoms with Crippen molar-refractivity contribution in [3.8, 4) is 5.75 Å². The van der Waals surface area contributed by atoms with E-state index in [1.165, 1.54) is 25.4 Å². The first-order valence-electron chi connectivity index (χ1n) is 46.5. The molecule has 0 radical (unpaired) electrons. The molecule has 13 rings (SSSR count). The number of ketones is 2. The number of carbonyl (C=O) groups excluding carboxylic acids is 4. The molecule has 0 unspecified atom stereocenters. The van der Waals surface area contributed by atoms with Crippen LogP contribution in [0.1, 0.15) is 154 Å². The summed E-state index contributed by atoms with van der Waals surface area (Å²) in [5.74, 6) is -2.48. The number of amides is 1. The lowest BCUT2D eigenvalue weighted by atomic mass is 9.47. The number of aliphatic hydroxyl groups excluding tert-OH is 1. The van der Waals surface area contributed by atoms with Crippen molar-refractivity contribution in [2.75, 3.05) is 148 Å². The molecule has 1 amide bonds. The van der Waals surface area contributed by atoms with Crippen LogP contribution in [0.3, 0.4) is 0 Å². The Bertz CT molecular complexity index is 5370. The number of nitrogens with one attached hydrogen (secondary N) is 4. The number of aliphatic carboxylic acids is 1. The van der Waals surface area contributed by atoms with Gasteiger partial charge in [-0.05, 0) is 176 Å². The number of hydrogen-bond donors (Lipinski definition) is 9. The number of rotatable bonds is 47. The first kappa shape index (κ1) is 105. The summed E-state index contributed by atoms with van der Waals surface area (Å²) in [6, 6.07) is 17.2. The highest BCUT2D eigenvalue weighted by atomic mass is 32.2. The molecule has 4 aliphatic heterocycles. The Labute approximate surface area is 797 Å². The Hall–Kier alpha value is -9.02. The largest absolute Gasteiger partial charge is 0.496 e. The number of H-pyrrole nitrogens is 2. The number of thioether (sulfide) groups is 1. The van der Waals surface area contributed by atoms with E-state index in [2.05, 4.69) is 148 Å². The molecule has 1 aliphatic carbocycles. The van der Waals surface area contributed by atoms with Gasteiger partial charge in [0.2, 0.25) is 5.95 Å². The van der Waals surface area contributed by atoms with Crippen LogP contribution in [-0.2, 0) is 93.4 Å². The van der Waals surface area contributed by atoms with E-state index in [4.69, 9.17) is 47.7 Å². The number of aromatic amines is 2. The quantitative estimate of drug-likeness (QED) is 0.00427. The zero-order chi connectivity index (χ0) is 95.5. The number of aryl methyl sites for hydroxylation is 2. The molecule has 35 nitrogen and oxygen atoms in total. The van der Waals surface area contributed by atoms with Crippen LogP contribution in [-0.4, -0.2) is 294 Å². The highest BCUT2D eigenvalue weighted by Crippen LogP contribution is 2.68. The van der Waals surface area contributed by atoms with E-state index < -0.39 is 85.7 Å². The van der Waals surface area contributed by atoms with Crippen LogP contribution < -0.4 is 31.6 Å². The van der Waals surface area contributed by atoms with Crippen molar-refractivity contribution in [2.45, 2.75) is 221 Å². The summed E-state index contributed by atoms with van der Waals surface area (Å²) in [4.78, 5) is 114. The van der Waals surface area contributed by atoms with E-state index in [1.54, 1.807) is 35.7 Å². The van der Waals surface area contributed by atoms with Gasteiger partial charge in [-0.2, -0.15) is 18.5 Å². The second-order valence-corrected chi connectivity index (χ2v) is 47.3. The van der Waals surface area contributed by atoms with Gasteiger partial charge in [-0.3, -0.25) is 38.5 Å². The highest BCUT2D eigenvalue weighted by Gasteiger charge is 2.78. The molecule has 10 N–H and O–H groups in total. The molecular weight excluding hydrogens is 1790 g/mol. The number of ether oxygens (including phenoxy) is 8. The van der Waals surface area contributed by atoms with Crippen molar-refractivity contribution in [3.63, 3.8) is 0 Å². The molecule has 8 aromatic rings. The fourth-order valence-electron chi connectivity index (χ4n) is 20.4. The Kier molecular flexibility index (Phi) is 37.3. The summed E-state index contributed by atoms with van der Waals surface area (Å²) in [5.41, 5.74) is 7.01. The minimum atomic E-state index is -2.17. The zero-order valence-corrected chi connectivity index (χ0v) is 83.6. The van der Waals surface area contributed by atoms with E-state index in [0.717, 1.165) is 74.2 Å². The number of aliphatic hydroxyl groups is 3. The van der Waals surface area contributed by atoms with Crippen LogP contribution in [0.25, 0.3) is 22.1 Å². The number of carboxylic acid groups (broad SMARTS) is 1. The molecule has 134 heavy (non-hydrogen) atoms. The van der Waals surface area contributed by atoms with Crippen LogP contribution in [0, 0.1) is 18.3 Å². The number of likely N-dealkylation sites (N-methyl/N-ethyl adjacent to an activating group) is 2. The van der Waals surface area contributed by atoms with Crippen LogP contribution in [0.4, 0.5) is 17.3 Å². The SMILES string of the molecule is CC[C@]1(O)C[C@H](C)C[C@](C(=O)OC)(c2cc3c(cc2OC)N(C)[C@H]2[C@@](O)(C(=O)CCCC[Si](C)(C)O[Si](C)(C)CSc4ncc(C)cn4)[C@H](O)[C@]4(CC)C=CCN5CC[C@]32[C@@H]54)c2[nH]c3ccccc3c2CCN(C)C1.CCn1cc(COCCOCCOCCOCCOCCOCCCC(=O)CC[C@H](NC(=O)c2ccc(NCc3cnc4nc(N)[nH]c(=O)c4n3)cc2)C(=O)O)nn1.S. The molecule has 9 heterocycles. The lowest BCUT2D eigenvalue weighted by Crippen LogP contribution is -2.80. The summed E-state index contributed by atoms with van der Waals surface area (Å²) < 4.78 is 54.2. The lowest BCUT2D eigenvalue weighted by molar-refractivity contribution is -0.202. The Balaban J connectivity index is 0.000000265. The van der Waals surface area contributed by atoms with Gasteiger partial charge in [-0.15, -0.1) is 5.10 Å². The molecule has 1 spiro atoms. The number of benzene rings is 3. The van der Waals surface area contributed by atoms with Gasteiger partial charge in [0.15, 0.2) is 44.3 Å². The van der Waals surface area contributed by atoms with Crippen molar-refractivity contribution in [1.29, 1.82) is 0 Å². The number of esters is 1. The van der Waals surface area contributed by atoms with Crippen molar-refractivity contribution in [3.05, 3.63) is 153 Å². The van der Waals surface area contributed by atoms with E-state index in [9.17, 15) is 39.6 Å². The zero-order valence-electron chi connectivity index (χ0n) is 79.8. The minimum Gasteiger partial charge on any atom is -0.496 e. The highest BCUT2D eigenvalue weighted by molar-refractivity contribution is 8.00. The Morgan fingerprint density at radius 1 is 0.761 bits per heavy atom. The van der Waals surface area contributed by atoms with Crippen LogP contribution >= 0.6 is 25.3 Å². The monoisotopic (exact) mass is 1930 g/mol. The number of aromatic nitrogens is 10. The minimum absolute atomic E-state index is 0. The van der Waals surface area contributed by atoms with Crippen LogP contribution in [0.5, 0.6) is 5.75 Å². The van der Waals surface area contributed by atoms with E-state index in [-0.39, 0.29) is 91.9 Å². The third kappa shape index (κ3) is 24.7. The second-order valence-electron chi connectivity index (χ2n) is 37.1. The number of unbranched alkanes of at least 4 members (excludes halogenated alkanes) is 1. The van der Waals surface area contributed by atoms with Gasteiger partial charge in [0.25, 0.3) is 11.5 Å². The summed E-state index contributed by atoms with van der Waals surface area (Å²) in [7, 11) is 2.83. The van der Waals surface area contributed by atoms with Gasteiger partial charge in [-0.1, -0.05) is 74.5 Å². The molecule has 0 bridgehead atoms. The van der Waals surface area contributed by atoms with Crippen molar-refractivity contribution >= 4 is 111 Å². The van der Waals surface area contributed by atoms with Crippen molar-refractivity contribution < 1.29 is 86.4 Å². The molecule has 1 saturated heterocycles. The number of para-hydroxylation sites is 1. The number of carboxylic acids is 1.